The van der Waals surface area contributed by atoms with Crippen molar-refractivity contribution in [1.82, 2.24) is 0 Å². The molecule has 1 aromatic rings. The van der Waals surface area contributed by atoms with Gasteiger partial charge in [-0.25, -0.2) is 4.79 Å². The van der Waals surface area contributed by atoms with Crippen LogP contribution in [0.3, 0.4) is 0 Å². The molecule has 3 heteroatoms. The minimum absolute atomic E-state index is 0.371. The van der Waals surface area contributed by atoms with Crippen molar-refractivity contribution < 1.29 is 13.9 Å². The Balaban J connectivity index is 2.42. The summed E-state index contributed by atoms with van der Waals surface area (Å²) in [6, 6.07) is 3.62. The minimum atomic E-state index is -0.371. The molecule has 0 aliphatic rings. The van der Waals surface area contributed by atoms with Gasteiger partial charge in [-0.1, -0.05) is 12.2 Å². The van der Waals surface area contributed by atoms with Gasteiger partial charge in [0.1, 0.15) is 5.76 Å². The second-order valence-corrected chi connectivity index (χ2v) is 2.26. The summed E-state index contributed by atoms with van der Waals surface area (Å²) >= 11 is 0. The number of hydrogen-bond donors (Lipinski definition) is 0. The first-order chi connectivity index (χ1) is 6.33. The Kier molecular flexibility index (Phi) is 3.57. The van der Waals surface area contributed by atoms with Crippen molar-refractivity contribution in [1.29, 1.82) is 0 Å². The van der Waals surface area contributed by atoms with Gasteiger partial charge in [0.15, 0.2) is 0 Å². The fourth-order valence-corrected chi connectivity index (χ4v) is 0.739. The fourth-order valence-electron chi connectivity index (χ4n) is 0.739. The molecular weight excluding hydrogens is 168 g/mol. The normalized spacial score (nSPS) is 11.2. The molecule has 0 atom stereocenters. The van der Waals surface area contributed by atoms with E-state index in [0.717, 1.165) is 5.76 Å². The molecule has 0 amide bonds. The largest absolute Gasteiger partial charge is 0.466 e. The number of rotatable bonds is 3. The van der Waals surface area contributed by atoms with E-state index in [0.29, 0.717) is 0 Å². The van der Waals surface area contributed by atoms with Crippen molar-refractivity contribution in [3.05, 3.63) is 42.4 Å². The van der Waals surface area contributed by atoms with Gasteiger partial charge in [0, 0.05) is 6.08 Å². The molecule has 1 aromatic heterocycles. The molecule has 0 aromatic carbocycles. The Morgan fingerprint density at radius 1 is 1.54 bits per heavy atom. The summed E-state index contributed by atoms with van der Waals surface area (Å²) in [5, 5.41) is 0. The van der Waals surface area contributed by atoms with Gasteiger partial charge in [0.2, 0.25) is 0 Å². The second-order valence-electron chi connectivity index (χ2n) is 2.26. The Morgan fingerprint density at radius 3 is 3.00 bits per heavy atom. The topological polar surface area (TPSA) is 39.4 Å². The highest BCUT2D eigenvalue weighted by atomic mass is 16.5. The lowest BCUT2D eigenvalue weighted by Crippen LogP contribution is -1.92. The maximum Gasteiger partial charge on any atom is 0.330 e. The van der Waals surface area contributed by atoms with Gasteiger partial charge in [-0.2, -0.15) is 0 Å². The molecular formula is C10H10O3. The first kappa shape index (κ1) is 9.32. The quantitative estimate of drug-likeness (QED) is 0.404. The molecule has 0 saturated heterocycles. The summed E-state index contributed by atoms with van der Waals surface area (Å²) in [4.78, 5) is 10.6. The maximum absolute atomic E-state index is 10.6. The van der Waals surface area contributed by atoms with Crippen LogP contribution in [0.2, 0.25) is 0 Å². The van der Waals surface area contributed by atoms with Crippen LogP contribution in [-0.2, 0) is 9.53 Å². The average Bonchev–Trinajstić information content (AvgIpc) is 2.64. The second kappa shape index (κ2) is 4.98. The smallest absolute Gasteiger partial charge is 0.330 e. The van der Waals surface area contributed by atoms with Gasteiger partial charge < -0.3 is 9.15 Å². The number of furan rings is 1. The molecule has 0 unspecified atom stereocenters. The molecule has 13 heavy (non-hydrogen) atoms. The van der Waals surface area contributed by atoms with E-state index >= 15 is 0 Å². The predicted octanol–water partition coefficient (Wildman–Crippen LogP) is 2.02. The molecule has 0 N–H and O–H groups in total. The summed E-state index contributed by atoms with van der Waals surface area (Å²) in [6.45, 7) is 0. The van der Waals surface area contributed by atoms with E-state index in [4.69, 9.17) is 4.42 Å². The van der Waals surface area contributed by atoms with E-state index < -0.39 is 0 Å². The van der Waals surface area contributed by atoms with Gasteiger partial charge in [-0.05, 0) is 18.2 Å². The van der Waals surface area contributed by atoms with E-state index in [1.54, 1.807) is 30.6 Å². The summed E-state index contributed by atoms with van der Waals surface area (Å²) in [5.74, 6) is 0.374. The molecule has 0 bridgehead atoms. The van der Waals surface area contributed by atoms with Crippen LogP contribution in [0.4, 0.5) is 0 Å². The number of carbonyl (C=O) groups excluding carboxylic acids is 1. The number of allylic oxidation sites excluding steroid dienone is 2. The number of methoxy groups -OCH3 is 1. The first-order valence-corrected chi connectivity index (χ1v) is 3.79. The Labute approximate surface area is 76.3 Å². The lowest BCUT2D eigenvalue weighted by atomic mass is 10.4. The van der Waals surface area contributed by atoms with Crippen LogP contribution in [0.25, 0.3) is 6.08 Å². The summed E-state index contributed by atoms with van der Waals surface area (Å²) in [5.41, 5.74) is 0. The highest BCUT2D eigenvalue weighted by Crippen LogP contribution is 2.01. The van der Waals surface area contributed by atoms with Gasteiger partial charge in [0.05, 0.1) is 13.4 Å². The monoisotopic (exact) mass is 178 g/mol. The molecule has 0 aliphatic heterocycles. The van der Waals surface area contributed by atoms with Crippen molar-refractivity contribution >= 4 is 12.0 Å². The molecule has 0 fully saturated rings. The van der Waals surface area contributed by atoms with Crippen LogP contribution < -0.4 is 0 Å². The van der Waals surface area contributed by atoms with Crippen LogP contribution in [0.5, 0.6) is 0 Å². The zero-order valence-corrected chi connectivity index (χ0v) is 7.27. The highest BCUT2D eigenvalue weighted by Gasteiger charge is 1.87. The summed E-state index contributed by atoms with van der Waals surface area (Å²) in [7, 11) is 1.34. The third-order valence-corrected chi connectivity index (χ3v) is 1.35. The Bertz CT molecular complexity index is 307. The van der Waals surface area contributed by atoms with Crippen molar-refractivity contribution in [3.63, 3.8) is 0 Å². The van der Waals surface area contributed by atoms with E-state index in [1.165, 1.54) is 13.2 Å². The highest BCUT2D eigenvalue weighted by molar-refractivity contribution is 5.82. The SMILES string of the molecule is COC(=O)/C=C/C=C\c1ccco1. The third kappa shape index (κ3) is 3.42. The van der Waals surface area contributed by atoms with Gasteiger partial charge in [-0.3, -0.25) is 0 Å². The Morgan fingerprint density at radius 2 is 2.38 bits per heavy atom. The first-order valence-electron chi connectivity index (χ1n) is 3.79. The molecule has 1 heterocycles. The number of hydrogen-bond acceptors (Lipinski definition) is 3. The lowest BCUT2D eigenvalue weighted by molar-refractivity contribution is -0.134. The summed E-state index contributed by atoms with van der Waals surface area (Å²) < 4.78 is 9.43. The van der Waals surface area contributed by atoms with Crippen molar-refractivity contribution in [3.8, 4) is 0 Å². The molecule has 0 aliphatic carbocycles. The zero-order valence-electron chi connectivity index (χ0n) is 7.27. The van der Waals surface area contributed by atoms with Crippen molar-refractivity contribution in [2.45, 2.75) is 0 Å². The third-order valence-electron chi connectivity index (χ3n) is 1.35. The van der Waals surface area contributed by atoms with Gasteiger partial charge in [-0.15, -0.1) is 0 Å². The standard InChI is InChI=1S/C10H10O3/c1-12-10(11)7-3-2-5-9-6-4-8-13-9/h2-8H,1H3/b5-2-,7-3+. The van der Waals surface area contributed by atoms with E-state index in [2.05, 4.69) is 4.74 Å². The Hall–Kier alpha value is -1.77. The number of esters is 1. The molecule has 0 radical (unpaired) electrons. The molecule has 3 nitrogen and oxygen atoms in total. The van der Waals surface area contributed by atoms with E-state index in [1.807, 2.05) is 6.07 Å². The van der Waals surface area contributed by atoms with E-state index in [-0.39, 0.29) is 5.97 Å². The fraction of sp³-hybridized carbons (Fsp3) is 0.100. The van der Waals surface area contributed by atoms with Crippen LogP contribution in [0, 0.1) is 0 Å². The number of carbonyl (C=O) groups is 1. The minimum Gasteiger partial charge on any atom is -0.466 e. The van der Waals surface area contributed by atoms with Crippen LogP contribution in [0.15, 0.2) is 41.0 Å². The predicted molar refractivity (Wildman–Crippen MR) is 48.9 cm³/mol. The number of ether oxygens (including phenoxy) is 1. The maximum atomic E-state index is 10.6. The molecule has 0 saturated carbocycles. The zero-order chi connectivity index (χ0) is 9.52. The van der Waals surface area contributed by atoms with Crippen LogP contribution in [0.1, 0.15) is 5.76 Å². The van der Waals surface area contributed by atoms with Crippen LogP contribution in [-0.4, -0.2) is 13.1 Å². The lowest BCUT2D eigenvalue weighted by Gasteiger charge is -1.86. The van der Waals surface area contributed by atoms with Crippen LogP contribution >= 0.6 is 0 Å². The van der Waals surface area contributed by atoms with Crippen molar-refractivity contribution in [2.24, 2.45) is 0 Å². The average molecular weight is 178 g/mol. The van der Waals surface area contributed by atoms with Gasteiger partial charge >= 0.3 is 5.97 Å². The molecule has 0 spiro atoms. The molecule has 1 rings (SSSR count). The molecule has 68 valence electrons. The van der Waals surface area contributed by atoms with E-state index in [9.17, 15) is 4.79 Å². The summed E-state index contributed by atoms with van der Waals surface area (Å²) in [6.07, 6.45) is 7.96. The van der Waals surface area contributed by atoms with Gasteiger partial charge in [0.25, 0.3) is 0 Å². The van der Waals surface area contributed by atoms with Crippen molar-refractivity contribution in [2.75, 3.05) is 7.11 Å².